The van der Waals surface area contributed by atoms with Gasteiger partial charge in [0.1, 0.15) is 0 Å². The number of hydrogen-bond acceptors (Lipinski definition) is 0. The Morgan fingerprint density at radius 2 is 0.758 bits per heavy atom. The molecule has 0 aliphatic carbocycles. The summed E-state index contributed by atoms with van der Waals surface area (Å²) in [6, 6.07) is 60.0. The van der Waals surface area contributed by atoms with Crippen LogP contribution in [-0.2, 0) is 12.4 Å². The summed E-state index contributed by atoms with van der Waals surface area (Å²) in [7, 11) is 0. The molecule has 0 saturated heterocycles. The van der Waals surface area contributed by atoms with Gasteiger partial charge in [-0.1, -0.05) is 133 Å². The maximum atomic E-state index is 14.3. The number of benzene rings is 11. The van der Waals surface area contributed by atoms with Crippen LogP contribution in [0.3, 0.4) is 0 Å². The van der Waals surface area contributed by atoms with Crippen LogP contribution in [0.2, 0.25) is 0 Å². The van der Waals surface area contributed by atoms with Gasteiger partial charge in [0.05, 0.1) is 11.1 Å². The normalized spacial score (nSPS) is 12.4. The molecule has 6 heteroatoms. The van der Waals surface area contributed by atoms with E-state index in [9.17, 15) is 26.3 Å². The average Bonchev–Trinajstić information content (AvgIpc) is 3.29. The Bertz CT molecular complexity index is 3600. The zero-order chi connectivity index (χ0) is 42.3. The fourth-order valence-electron chi connectivity index (χ4n) is 9.35. The van der Waals surface area contributed by atoms with Crippen LogP contribution in [0.5, 0.6) is 0 Å². The number of alkyl halides is 6. The Morgan fingerprint density at radius 1 is 0.242 bits per heavy atom. The van der Waals surface area contributed by atoms with Gasteiger partial charge in [-0.15, -0.1) is 0 Å². The van der Waals surface area contributed by atoms with Crippen LogP contribution in [0.25, 0.3) is 109 Å². The SMILES string of the molecule is FC(F)(F)c1ccc(-c2ccc3c(-c4cc5ccccc5c5ccccc45)c4cc(-c5cccc(C(F)(F)F)c5)cc(-c5cc6ccccc6c6ccccc56)c4cc3c2)cc1. The lowest BCUT2D eigenvalue weighted by Gasteiger charge is -2.21. The quantitative estimate of drug-likeness (QED) is 0.0943. The third kappa shape index (κ3) is 6.25. The van der Waals surface area contributed by atoms with Crippen molar-refractivity contribution in [1.82, 2.24) is 0 Å². The molecule has 0 unspecified atom stereocenters. The van der Waals surface area contributed by atoms with Crippen LogP contribution in [0.1, 0.15) is 11.1 Å². The van der Waals surface area contributed by atoms with Gasteiger partial charge in [0.2, 0.25) is 0 Å². The van der Waals surface area contributed by atoms with E-state index in [1.807, 2.05) is 78.9 Å². The van der Waals surface area contributed by atoms with Crippen LogP contribution in [0.15, 0.2) is 194 Å². The molecule has 11 aromatic carbocycles. The highest BCUT2D eigenvalue weighted by molar-refractivity contribution is 6.25. The van der Waals surface area contributed by atoms with Crippen LogP contribution in [0, 0.1) is 0 Å². The second-order valence-corrected chi connectivity index (χ2v) is 15.8. The third-order valence-corrected chi connectivity index (χ3v) is 12.2. The fourth-order valence-corrected chi connectivity index (χ4v) is 9.35. The zero-order valence-corrected chi connectivity index (χ0v) is 32.7. The molecule has 0 radical (unpaired) electrons. The van der Waals surface area contributed by atoms with E-state index in [-0.39, 0.29) is 0 Å². The largest absolute Gasteiger partial charge is 0.416 e. The number of halogens is 6. The van der Waals surface area contributed by atoms with E-state index in [1.54, 1.807) is 6.07 Å². The molecule has 298 valence electrons. The van der Waals surface area contributed by atoms with E-state index >= 15 is 0 Å². The first-order valence-electron chi connectivity index (χ1n) is 20.2. The molecule has 0 heterocycles. The van der Waals surface area contributed by atoms with Crippen molar-refractivity contribution < 1.29 is 26.3 Å². The van der Waals surface area contributed by atoms with Crippen molar-refractivity contribution in [1.29, 1.82) is 0 Å². The Balaban J connectivity index is 1.31. The minimum atomic E-state index is -4.54. The summed E-state index contributed by atoms with van der Waals surface area (Å²) in [4.78, 5) is 0. The predicted molar refractivity (Wildman–Crippen MR) is 243 cm³/mol. The van der Waals surface area contributed by atoms with Crippen LogP contribution >= 0.6 is 0 Å². The van der Waals surface area contributed by atoms with Gasteiger partial charge in [0.25, 0.3) is 0 Å². The van der Waals surface area contributed by atoms with E-state index in [0.717, 1.165) is 111 Å². The van der Waals surface area contributed by atoms with E-state index in [4.69, 9.17) is 0 Å². The van der Waals surface area contributed by atoms with Gasteiger partial charge in [0, 0.05) is 0 Å². The standard InChI is InChI=1S/C56H32F6/c57-55(58,59)40-23-20-33(21-24-40)35-22-25-44-39(26-35)32-51-50(49-28-36-10-1-3-14-42(36)45-16-5-7-18-47(45)49)30-38(34-12-9-13-41(27-34)56(60,61)62)31-53(51)54(44)52-29-37-11-2-4-15-43(37)46-17-6-8-19-48(46)52/h1-32H. The average molecular weight is 819 g/mol. The van der Waals surface area contributed by atoms with Gasteiger partial charge in [-0.25, -0.2) is 0 Å². The van der Waals surface area contributed by atoms with Gasteiger partial charge < -0.3 is 0 Å². The molecular weight excluding hydrogens is 787 g/mol. The maximum Gasteiger partial charge on any atom is 0.416 e. The summed E-state index contributed by atoms with van der Waals surface area (Å²) >= 11 is 0. The summed E-state index contributed by atoms with van der Waals surface area (Å²) < 4.78 is 83.8. The Hall–Kier alpha value is -7.44. The zero-order valence-electron chi connectivity index (χ0n) is 32.7. The van der Waals surface area contributed by atoms with E-state index in [0.29, 0.717) is 16.7 Å². The number of hydrogen-bond donors (Lipinski definition) is 0. The molecule has 0 nitrogen and oxygen atoms in total. The minimum absolute atomic E-state index is 0.431. The van der Waals surface area contributed by atoms with Gasteiger partial charge in [-0.2, -0.15) is 26.3 Å². The summed E-state index contributed by atoms with van der Waals surface area (Å²) in [5, 5.41) is 11.8. The Labute approximate surface area is 351 Å². The molecule has 0 N–H and O–H groups in total. The van der Waals surface area contributed by atoms with Gasteiger partial charge in [0.15, 0.2) is 0 Å². The summed E-state index contributed by atoms with van der Waals surface area (Å²) in [6.45, 7) is 0. The smallest absolute Gasteiger partial charge is 0.166 e. The highest BCUT2D eigenvalue weighted by atomic mass is 19.4. The summed E-state index contributed by atoms with van der Waals surface area (Å²) in [5.74, 6) is 0. The molecular formula is C56H32F6. The molecule has 0 aliphatic heterocycles. The maximum absolute atomic E-state index is 14.3. The molecule has 0 spiro atoms. The lowest BCUT2D eigenvalue weighted by Crippen LogP contribution is -2.04. The molecule has 0 atom stereocenters. The highest BCUT2D eigenvalue weighted by Crippen LogP contribution is 2.48. The molecule has 0 bridgehead atoms. The molecule has 0 amide bonds. The molecule has 0 fully saturated rings. The third-order valence-electron chi connectivity index (χ3n) is 12.2. The number of rotatable bonds is 4. The topological polar surface area (TPSA) is 0 Å². The lowest BCUT2D eigenvalue weighted by molar-refractivity contribution is -0.138. The molecule has 0 aliphatic rings. The first kappa shape index (κ1) is 37.6. The Kier molecular flexibility index (Phi) is 8.52. The first-order chi connectivity index (χ1) is 30.0. The van der Waals surface area contributed by atoms with Crippen molar-refractivity contribution in [2.45, 2.75) is 12.4 Å². The second-order valence-electron chi connectivity index (χ2n) is 15.8. The highest BCUT2D eigenvalue weighted by Gasteiger charge is 2.31. The number of fused-ring (bicyclic) bond motifs is 8. The summed E-state index contributed by atoms with van der Waals surface area (Å²) in [5.41, 5.74) is 4.60. The fraction of sp³-hybridized carbons (Fsp3) is 0.0357. The van der Waals surface area contributed by atoms with Crippen molar-refractivity contribution in [2.75, 3.05) is 0 Å². The van der Waals surface area contributed by atoms with Crippen LogP contribution in [-0.4, -0.2) is 0 Å². The monoisotopic (exact) mass is 818 g/mol. The van der Waals surface area contributed by atoms with Gasteiger partial charge >= 0.3 is 12.4 Å². The molecule has 0 aromatic heterocycles. The van der Waals surface area contributed by atoms with Gasteiger partial charge in [-0.05, 0) is 170 Å². The Morgan fingerprint density at radius 3 is 1.39 bits per heavy atom. The van der Waals surface area contributed by atoms with Crippen LogP contribution in [0.4, 0.5) is 26.3 Å². The molecule has 62 heavy (non-hydrogen) atoms. The van der Waals surface area contributed by atoms with Crippen molar-refractivity contribution in [3.8, 4) is 44.5 Å². The lowest BCUT2D eigenvalue weighted by atomic mass is 9.82. The van der Waals surface area contributed by atoms with Gasteiger partial charge in [-0.3, -0.25) is 0 Å². The van der Waals surface area contributed by atoms with Crippen LogP contribution < -0.4 is 0 Å². The first-order valence-corrected chi connectivity index (χ1v) is 20.2. The summed E-state index contributed by atoms with van der Waals surface area (Å²) in [6.07, 6.45) is -9.00. The van der Waals surface area contributed by atoms with Crippen molar-refractivity contribution >= 4 is 64.6 Å². The van der Waals surface area contributed by atoms with E-state index < -0.39 is 23.5 Å². The minimum Gasteiger partial charge on any atom is -0.166 e. The van der Waals surface area contributed by atoms with Crippen molar-refractivity contribution in [3.05, 3.63) is 205 Å². The molecule has 11 rings (SSSR count). The van der Waals surface area contributed by atoms with E-state index in [2.05, 4.69) is 66.7 Å². The van der Waals surface area contributed by atoms with Crippen molar-refractivity contribution in [3.63, 3.8) is 0 Å². The second kappa shape index (κ2) is 14.1. The molecule has 11 aromatic rings. The predicted octanol–water partition coefficient (Wildman–Crippen LogP) is 17.3. The van der Waals surface area contributed by atoms with Crippen molar-refractivity contribution in [2.24, 2.45) is 0 Å². The van der Waals surface area contributed by atoms with E-state index in [1.165, 1.54) is 24.3 Å². The molecule has 0 saturated carbocycles.